The average Bonchev–Trinajstić information content (AvgIpc) is 3.77. The Hall–Kier alpha value is -2.77. The van der Waals surface area contributed by atoms with E-state index in [0.29, 0.717) is 36.6 Å². The molecule has 2 amide bonds. The van der Waals surface area contributed by atoms with Gasteiger partial charge in [0.2, 0.25) is 5.91 Å². The lowest BCUT2D eigenvalue weighted by Gasteiger charge is -2.42. The Morgan fingerprint density at radius 3 is 2.57 bits per heavy atom. The highest BCUT2D eigenvalue weighted by molar-refractivity contribution is 7.80. The molecule has 4 aliphatic rings. The first kappa shape index (κ1) is 37.5. The molecule has 2 N–H and O–H groups in total. The van der Waals surface area contributed by atoms with Crippen molar-refractivity contribution in [2.24, 2.45) is 17.8 Å². The van der Waals surface area contributed by atoms with Crippen LogP contribution >= 0.6 is 24.2 Å². The number of allylic oxidation sites excluding steroid dienone is 3. The van der Waals surface area contributed by atoms with E-state index in [1.54, 1.807) is 26.1 Å². The van der Waals surface area contributed by atoms with Crippen LogP contribution in [0.25, 0.3) is 0 Å². The van der Waals surface area contributed by atoms with Crippen LogP contribution in [-0.4, -0.2) is 85.8 Å². The molecule has 1 saturated carbocycles. The van der Waals surface area contributed by atoms with E-state index in [1.807, 2.05) is 32.1 Å². The van der Waals surface area contributed by atoms with Gasteiger partial charge in [-0.2, -0.15) is 12.6 Å². The van der Waals surface area contributed by atoms with Crippen LogP contribution in [0.1, 0.15) is 64.9 Å². The number of halogens is 1. The lowest BCUT2D eigenvalue weighted by Crippen LogP contribution is -2.63. The number of amides is 2. The number of alkyl carbamates (subject to hydrolysis) is 1. The maximum Gasteiger partial charge on any atom is 0.409 e. The molecule has 1 aromatic carbocycles. The van der Waals surface area contributed by atoms with Crippen molar-refractivity contribution in [1.82, 2.24) is 5.32 Å². The third-order valence-electron chi connectivity index (χ3n) is 10.6. The van der Waals surface area contributed by atoms with Crippen LogP contribution in [0.4, 0.5) is 10.5 Å². The van der Waals surface area contributed by atoms with Gasteiger partial charge in [-0.3, -0.25) is 14.9 Å². The van der Waals surface area contributed by atoms with Crippen molar-refractivity contribution >= 4 is 47.9 Å². The number of esters is 1. The van der Waals surface area contributed by atoms with Crippen LogP contribution in [0, 0.1) is 17.8 Å². The number of epoxide rings is 1. The smallest absolute Gasteiger partial charge is 0.409 e. The Labute approximate surface area is 299 Å². The number of carbonyl (C=O) groups excluding carboxylic acids is 3. The molecule has 1 aliphatic carbocycles. The standard InChI is InChI=1S/C36H49ClN2O9S/c1-20-8-7-9-28(45-6)36(43)18-27(46-34(42)38-36)21(2)32-35(3,48-32)29(47-33(41)24-12-10-22(19-49)11-13-24)17-30(40)39(4)25-15-23(14-20)16-26(44-5)31(25)37/h7-9,15-16,21-22,24,27-29,32,43,49H,10-14,17-19H2,1-6H3,(H,38,42)/b9-7+,20-8+/t21-,22?,24?,27+,28-,29+,32+,35+,36+/m1/s1. The summed E-state index contributed by atoms with van der Waals surface area (Å²) in [4.78, 5) is 42.0. The summed E-state index contributed by atoms with van der Waals surface area (Å²) in [6, 6.07) is 3.67. The van der Waals surface area contributed by atoms with Crippen molar-refractivity contribution in [2.45, 2.75) is 101 Å². The van der Waals surface area contributed by atoms with E-state index in [0.717, 1.165) is 29.7 Å². The van der Waals surface area contributed by atoms with Crippen LogP contribution in [0.3, 0.4) is 0 Å². The second-order valence-corrected chi connectivity index (χ2v) is 14.9. The first-order valence-corrected chi connectivity index (χ1v) is 17.9. The van der Waals surface area contributed by atoms with Crippen molar-refractivity contribution < 1.29 is 43.2 Å². The molecule has 0 spiro atoms. The summed E-state index contributed by atoms with van der Waals surface area (Å²) < 4.78 is 29.4. The maximum absolute atomic E-state index is 14.1. The summed E-state index contributed by atoms with van der Waals surface area (Å²) in [7, 11) is 4.61. The van der Waals surface area contributed by atoms with Crippen molar-refractivity contribution in [3.63, 3.8) is 0 Å². The number of thiol groups is 1. The summed E-state index contributed by atoms with van der Waals surface area (Å²) in [5.41, 5.74) is -0.578. The van der Waals surface area contributed by atoms with Crippen LogP contribution in [-0.2, 0) is 35.0 Å². The fourth-order valence-corrected chi connectivity index (χ4v) is 8.10. The Balaban J connectivity index is 1.52. The van der Waals surface area contributed by atoms with E-state index < -0.39 is 47.8 Å². The number of anilines is 1. The van der Waals surface area contributed by atoms with Crippen LogP contribution in [0.15, 0.2) is 35.9 Å². The van der Waals surface area contributed by atoms with E-state index in [-0.39, 0.29) is 35.7 Å². The molecule has 3 fully saturated rings. The lowest BCUT2D eigenvalue weighted by molar-refractivity contribution is -0.160. The third kappa shape index (κ3) is 8.09. The van der Waals surface area contributed by atoms with Gasteiger partial charge < -0.3 is 33.7 Å². The first-order chi connectivity index (χ1) is 23.2. The highest BCUT2D eigenvalue weighted by atomic mass is 35.5. The molecule has 49 heavy (non-hydrogen) atoms. The van der Waals surface area contributed by atoms with Crippen molar-refractivity contribution in [2.75, 3.05) is 31.9 Å². The predicted molar refractivity (Wildman–Crippen MR) is 188 cm³/mol. The molecule has 0 radical (unpaired) electrons. The first-order valence-electron chi connectivity index (χ1n) is 16.9. The van der Waals surface area contributed by atoms with Gasteiger partial charge in [-0.1, -0.05) is 42.3 Å². The molecule has 5 rings (SSSR count). The molecule has 2 saturated heterocycles. The molecule has 270 valence electrons. The van der Waals surface area contributed by atoms with E-state index in [9.17, 15) is 19.5 Å². The van der Waals surface area contributed by atoms with E-state index in [4.69, 9.17) is 35.3 Å². The second-order valence-electron chi connectivity index (χ2n) is 14.1. The van der Waals surface area contributed by atoms with Crippen LogP contribution in [0.2, 0.25) is 5.02 Å². The zero-order valence-corrected chi connectivity index (χ0v) is 30.7. The zero-order valence-electron chi connectivity index (χ0n) is 29.1. The van der Waals surface area contributed by atoms with Gasteiger partial charge in [-0.05, 0) is 75.3 Å². The number of hydrogen-bond acceptors (Lipinski definition) is 10. The number of fused-ring (bicyclic) bond motifs is 5. The quantitative estimate of drug-likeness (QED) is 0.208. The number of rotatable bonds is 5. The summed E-state index contributed by atoms with van der Waals surface area (Å²) in [5, 5.41) is 14.5. The summed E-state index contributed by atoms with van der Waals surface area (Å²) in [6.07, 6.45) is 4.85. The average molecular weight is 721 g/mol. The number of carbonyl (C=O) groups is 3. The molecule has 0 aromatic heterocycles. The van der Waals surface area contributed by atoms with Gasteiger partial charge in [0.15, 0.2) is 5.72 Å². The molecule has 3 heterocycles. The fraction of sp³-hybridized carbons (Fsp3) is 0.639. The maximum atomic E-state index is 14.1. The molecule has 7 atom stereocenters. The number of aliphatic hydroxyl groups is 1. The molecule has 3 aliphatic heterocycles. The Kier molecular flexibility index (Phi) is 11.6. The largest absolute Gasteiger partial charge is 0.495 e. The number of nitrogens with zero attached hydrogens (tertiary/aromatic N) is 1. The molecular formula is C36H49ClN2O9S. The monoisotopic (exact) mass is 720 g/mol. The van der Waals surface area contributed by atoms with Crippen molar-refractivity contribution in [3.05, 3.63) is 46.5 Å². The molecule has 4 bridgehead atoms. The molecule has 1 aromatic rings. The minimum atomic E-state index is -1.77. The Morgan fingerprint density at radius 1 is 1.20 bits per heavy atom. The normalized spacial score (nSPS) is 37.1. The second kappa shape index (κ2) is 15.2. The van der Waals surface area contributed by atoms with Gasteiger partial charge in [-0.25, -0.2) is 4.79 Å². The number of benzene rings is 1. The minimum Gasteiger partial charge on any atom is -0.495 e. The number of nitrogens with one attached hydrogen (secondary N) is 1. The topological polar surface area (TPSA) is 136 Å². The Bertz CT molecular complexity index is 1480. The summed E-state index contributed by atoms with van der Waals surface area (Å²) in [5.74, 6) is 0.237. The van der Waals surface area contributed by atoms with E-state index in [2.05, 4.69) is 17.9 Å². The molecule has 11 nitrogen and oxygen atoms in total. The Morgan fingerprint density at radius 2 is 1.92 bits per heavy atom. The van der Waals surface area contributed by atoms with Gasteiger partial charge in [-0.15, -0.1) is 0 Å². The van der Waals surface area contributed by atoms with Gasteiger partial charge >= 0.3 is 12.1 Å². The van der Waals surface area contributed by atoms with E-state index in [1.165, 1.54) is 19.1 Å². The van der Waals surface area contributed by atoms with Crippen LogP contribution < -0.4 is 15.0 Å². The predicted octanol–water partition coefficient (Wildman–Crippen LogP) is 5.40. The highest BCUT2D eigenvalue weighted by Gasteiger charge is 2.64. The van der Waals surface area contributed by atoms with Gasteiger partial charge in [0, 0.05) is 26.5 Å². The van der Waals surface area contributed by atoms with Crippen LogP contribution in [0.5, 0.6) is 5.75 Å². The zero-order chi connectivity index (χ0) is 35.7. The van der Waals surface area contributed by atoms with E-state index >= 15 is 0 Å². The van der Waals surface area contributed by atoms with Crippen molar-refractivity contribution in [3.8, 4) is 5.75 Å². The highest BCUT2D eigenvalue weighted by Crippen LogP contribution is 2.49. The van der Waals surface area contributed by atoms with Gasteiger partial charge in [0.1, 0.15) is 34.7 Å². The van der Waals surface area contributed by atoms with Gasteiger partial charge in [0.25, 0.3) is 0 Å². The molecular weight excluding hydrogens is 672 g/mol. The SMILES string of the molecule is COc1cc2cc(c1Cl)N(C)C(=O)C[C@H](OC(=O)C1CCC(CS)CC1)[C@]1(C)O[C@H]1[C@H](C)[C@@H]1C[C@@](O)(NC(=O)O1)[C@H](OC)/C=C/C=C(\C)C2. The number of hydrogen-bond donors (Lipinski definition) is 3. The summed E-state index contributed by atoms with van der Waals surface area (Å²) >= 11 is 11.2. The molecule has 0 unspecified atom stereocenters. The summed E-state index contributed by atoms with van der Waals surface area (Å²) in [6.45, 7) is 5.61. The van der Waals surface area contributed by atoms with Crippen molar-refractivity contribution in [1.29, 1.82) is 0 Å². The number of ether oxygens (including phenoxy) is 5. The fourth-order valence-electron chi connectivity index (χ4n) is 7.42. The minimum absolute atomic E-state index is 0.00598. The molecule has 13 heteroatoms. The lowest BCUT2D eigenvalue weighted by atomic mass is 9.82. The third-order valence-corrected chi connectivity index (χ3v) is 11.5. The number of methoxy groups -OCH3 is 2. The van der Waals surface area contributed by atoms with Gasteiger partial charge in [0.05, 0.1) is 31.2 Å².